The number of hydrogen-bond acceptors (Lipinski definition) is 5. The first kappa shape index (κ1) is 31.0. The fourth-order valence-corrected chi connectivity index (χ4v) is 5.90. The third kappa shape index (κ3) is 10.9. The highest BCUT2D eigenvalue weighted by Crippen LogP contribution is 2.48. The average Bonchev–Trinajstić information content (AvgIpc) is 3.19. The van der Waals surface area contributed by atoms with Crippen LogP contribution in [0.1, 0.15) is 84.4 Å². The maximum absolute atomic E-state index is 6.74. The van der Waals surface area contributed by atoms with Crippen LogP contribution in [0.25, 0.3) is 0 Å². The smallest absolute Gasteiger partial charge is 0.333 e. The quantitative estimate of drug-likeness (QED) is 0.181. The molecule has 0 bridgehead atoms. The minimum absolute atomic E-state index is 0.360. The molecule has 2 aromatic carbocycles. The fraction of sp³-hybridized carbons (Fsp3) is 0.581. The second-order valence-electron chi connectivity index (χ2n) is 12.2. The molecule has 0 saturated carbocycles. The molecule has 0 aliphatic carbocycles. The molecular weight excluding hydrogens is 517 g/mol. The van der Waals surface area contributed by atoms with Crippen LogP contribution in [-0.2, 0) is 37.6 Å². The predicted molar refractivity (Wildman–Crippen MR) is 159 cm³/mol. The van der Waals surface area contributed by atoms with E-state index in [0.29, 0.717) is 19.1 Å². The van der Waals surface area contributed by atoms with E-state index >= 15 is 0 Å². The summed E-state index contributed by atoms with van der Waals surface area (Å²) >= 11 is 6.74. The molecule has 0 N–H and O–H groups in total. The van der Waals surface area contributed by atoms with Crippen molar-refractivity contribution in [2.75, 3.05) is 13.2 Å². The second kappa shape index (κ2) is 13.7. The number of hydrogen-bond donors (Lipinski definition) is 0. The van der Waals surface area contributed by atoms with E-state index in [2.05, 4.69) is 48.5 Å². The Balaban J connectivity index is 1.57. The highest BCUT2D eigenvalue weighted by Gasteiger charge is 2.38. The molecule has 3 rings (SSSR count). The first-order chi connectivity index (χ1) is 17.8. The maximum atomic E-state index is 6.74. The van der Waals surface area contributed by atoms with E-state index in [1.165, 1.54) is 17.5 Å². The lowest BCUT2D eigenvalue weighted by Gasteiger charge is -2.32. The Morgan fingerprint density at radius 3 is 2.08 bits per heavy atom. The van der Waals surface area contributed by atoms with Gasteiger partial charge in [0.1, 0.15) is 12.1 Å². The van der Waals surface area contributed by atoms with Crippen molar-refractivity contribution < 1.29 is 18.3 Å². The molecule has 7 heteroatoms. The van der Waals surface area contributed by atoms with Gasteiger partial charge >= 0.3 is 8.60 Å². The number of ether oxygens (including phenoxy) is 1. The van der Waals surface area contributed by atoms with Crippen molar-refractivity contribution in [1.29, 1.82) is 0 Å². The molecule has 210 valence electrons. The number of rotatable bonds is 13. The summed E-state index contributed by atoms with van der Waals surface area (Å²) in [6, 6.07) is 17.2. The Hall–Kier alpha value is -1.49. The maximum Gasteiger partial charge on any atom is 0.333 e. The summed E-state index contributed by atoms with van der Waals surface area (Å²) in [5.41, 5.74) is 2.55. The minimum Gasteiger partial charge on any atom is -0.479 e. The Morgan fingerprint density at radius 1 is 0.895 bits per heavy atom. The first-order valence-electron chi connectivity index (χ1n) is 13.6. The third-order valence-electron chi connectivity index (χ3n) is 6.08. The summed E-state index contributed by atoms with van der Waals surface area (Å²) in [7, 11) is -1.55. The topological polar surface area (TPSA) is 49.3 Å². The molecule has 2 aromatic rings. The molecule has 5 nitrogen and oxygen atoms in total. The van der Waals surface area contributed by atoms with Gasteiger partial charge in [-0.25, -0.2) is 4.99 Å². The molecule has 1 aliphatic heterocycles. The zero-order valence-corrected chi connectivity index (χ0v) is 25.8. The van der Waals surface area contributed by atoms with Crippen molar-refractivity contribution in [1.82, 2.24) is 0 Å². The summed E-state index contributed by atoms with van der Waals surface area (Å²) in [6.45, 7) is 14.7. The predicted octanol–water partition coefficient (Wildman–Crippen LogP) is 8.90. The van der Waals surface area contributed by atoms with E-state index in [1.54, 1.807) is 0 Å². The molecule has 0 fully saturated rings. The van der Waals surface area contributed by atoms with Gasteiger partial charge in [-0.15, -0.1) is 0 Å². The van der Waals surface area contributed by atoms with Crippen LogP contribution in [0.15, 0.2) is 53.5 Å². The van der Waals surface area contributed by atoms with Crippen molar-refractivity contribution in [2.24, 2.45) is 4.99 Å². The third-order valence-corrected chi connectivity index (χ3v) is 8.17. The standard InChI is InChI=1S/C31H45ClNO4P/c1-24-33-31(22-34-24,23-35-38(36-29(2,3)4)37-30(5,6)7)20-19-27-18-17-26(21-28(27)32)16-12-11-15-25-13-9-8-10-14-25/h8-10,13-14,17-18,21H,11-12,15-16,19-20,22-23H2,1-7H3. The molecule has 1 atom stereocenters. The van der Waals surface area contributed by atoms with Gasteiger partial charge < -0.3 is 18.3 Å². The van der Waals surface area contributed by atoms with Gasteiger partial charge in [0.25, 0.3) is 0 Å². The SMILES string of the molecule is CC1=NC(CCc2ccc(CCCCc3ccccc3)cc2Cl)(COP(OC(C)(C)C)OC(C)(C)C)CO1. The number of aliphatic imine (C=N–C) groups is 1. The number of halogens is 1. The summed E-state index contributed by atoms with van der Waals surface area (Å²) < 4.78 is 24.3. The number of unbranched alkanes of at least 4 members (excludes halogenated alkanes) is 1. The van der Waals surface area contributed by atoms with Gasteiger partial charge in [0.15, 0.2) is 5.90 Å². The van der Waals surface area contributed by atoms with Crippen molar-refractivity contribution in [2.45, 2.75) is 104 Å². The highest BCUT2D eigenvalue weighted by atomic mass is 35.5. The normalized spacial score (nSPS) is 18.1. The fourth-order valence-electron chi connectivity index (χ4n) is 4.22. The van der Waals surface area contributed by atoms with Crippen molar-refractivity contribution in [3.05, 3.63) is 70.2 Å². The number of nitrogens with zero attached hydrogens (tertiary/aromatic N) is 1. The van der Waals surface area contributed by atoms with Crippen LogP contribution in [0.4, 0.5) is 0 Å². The van der Waals surface area contributed by atoms with Gasteiger partial charge in [0.2, 0.25) is 0 Å². The first-order valence-corrected chi connectivity index (χ1v) is 15.1. The largest absolute Gasteiger partial charge is 0.479 e. The molecule has 0 aromatic heterocycles. The van der Waals surface area contributed by atoms with E-state index < -0.39 is 14.1 Å². The average molecular weight is 562 g/mol. The van der Waals surface area contributed by atoms with Gasteiger partial charge in [-0.1, -0.05) is 54.1 Å². The van der Waals surface area contributed by atoms with Crippen LogP contribution in [0.3, 0.4) is 0 Å². The van der Waals surface area contributed by atoms with E-state index in [4.69, 9.17) is 34.9 Å². The minimum atomic E-state index is -1.55. The molecule has 1 unspecified atom stereocenters. The number of aryl methyl sites for hydroxylation is 3. The monoisotopic (exact) mass is 561 g/mol. The second-order valence-corrected chi connectivity index (χ2v) is 13.6. The Labute approximate surface area is 236 Å². The molecular formula is C31H45ClNO4P. The van der Waals surface area contributed by atoms with Crippen LogP contribution >= 0.6 is 20.2 Å². The van der Waals surface area contributed by atoms with Crippen LogP contribution < -0.4 is 0 Å². The van der Waals surface area contributed by atoms with E-state index in [1.807, 2.05) is 48.5 Å². The molecule has 0 saturated heterocycles. The highest BCUT2D eigenvalue weighted by molar-refractivity contribution is 7.41. The van der Waals surface area contributed by atoms with Gasteiger partial charge in [-0.2, -0.15) is 0 Å². The molecule has 0 amide bonds. The van der Waals surface area contributed by atoms with Gasteiger partial charge in [0, 0.05) is 11.9 Å². The Bertz CT molecular complexity index is 1030. The van der Waals surface area contributed by atoms with Crippen molar-refractivity contribution in [3.63, 3.8) is 0 Å². The summed E-state index contributed by atoms with van der Waals surface area (Å²) in [5, 5.41) is 0.815. The van der Waals surface area contributed by atoms with Crippen LogP contribution in [0.2, 0.25) is 5.02 Å². The van der Waals surface area contributed by atoms with E-state index in [0.717, 1.165) is 42.7 Å². The molecule has 0 radical (unpaired) electrons. The van der Waals surface area contributed by atoms with Crippen LogP contribution in [0.5, 0.6) is 0 Å². The van der Waals surface area contributed by atoms with Crippen LogP contribution in [0, 0.1) is 0 Å². The van der Waals surface area contributed by atoms with Gasteiger partial charge in [-0.3, -0.25) is 0 Å². The molecule has 0 spiro atoms. The summed E-state index contributed by atoms with van der Waals surface area (Å²) in [6.07, 6.45) is 6.01. The zero-order valence-electron chi connectivity index (χ0n) is 24.2. The lowest BCUT2D eigenvalue weighted by Crippen LogP contribution is -2.35. The van der Waals surface area contributed by atoms with Crippen LogP contribution in [-0.4, -0.2) is 35.9 Å². The number of benzene rings is 2. The van der Waals surface area contributed by atoms with Gasteiger partial charge in [-0.05, 0) is 103 Å². The zero-order chi connectivity index (χ0) is 27.8. The summed E-state index contributed by atoms with van der Waals surface area (Å²) in [4.78, 5) is 4.85. The van der Waals surface area contributed by atoms with Gasteiger partial charge in [0.05, 0.1) is 17.8 Å². The summed E-state index contributed by atoms with van der Waals surface area (Å²) in [5.74, 6) is 0.684. The van der Waals surface area contributed by atoms with E-state index in [9.17, 15) is 0 Å². The lowest BCUT2D eigenvalue weighted by atomic mass is 9.93. The van der Waals surface area contributed by atoms with E-state index in [-0.39, 0.29) is 11.2 Å². The Kier molecular flexibility index (Phi) is 11.2. The Morgan fingerprint density at radius 2 is 1.53 bits per heavy atom. The molecule has 1 aliphatic rings. The van der Waals surface area contributed by atoms with Crippen molar-refractivity contribution >= 4 is 26.1 Å². The molecule has 38 heavy (non-hydrogen) atoms. The lowest BCUT2D eigenvalue weighted by molar-refractivity contribution is 0.0240. The molecule has 1 heterocycles. The van der Waals surface area contributed by atoms with Crippen molar-refractivity contribution in [3.8, 4) is 0 Å².